The van der Waals surface area contributed by atoms with E-state index in [1.54, 1.807) is 6.20 Å². The van der Waals surface area contributed by atoms with Crippen LogP contribution in [0.25, 0.3) is 22.9 Å². The van der Waals surface area contributed by atoms with Crippen LogP contribution in [0.2, 0.25) is 0 Å². The van der Waals surface area contributed by atoms with Crippen molar-refractivity contribution in [3.05, 3.63) is 71.9 Å². The molecule has 0 amide bonds. The van der Waals surface area contributed by atoms with Crippen molar-refractivity contribution < 1.29 is 26.3 Å². The summed E-state index contributed by atoms with van der Waals surface area (Å²) < 4.78 is 78.9. The van der Waals surface area contributed by atoms with Gasteiger partial charge in [0.1, 0.15) is 17.1 Å². The molecule has 0 radical (unpaired) electrons. The van der Waals surface area contributed by atoms with Crippen LogP contribution in [0.1, 0.15) is 35.7 Å². The predicted octanol–water partition coefficient (Wildman–Crippen LogP) is 6.05. The number of nitrogens with zero attached hydrogens (tertiary/aromatic N) is 6. The van der Waals surface area contributed by atoms with Gasteiger partial charge in [0.15, 0.2) is 11.6 Å². The van der Waals surface area contributed by atoms with Gasteiger partial charge >= 0.3 is 12.4 Å². The molecule has 7 nitrogen and oxygen atoms in total. The second kappa shape index (κ2) is 8.81. The molecule has 13 heteroatoms. The first-order chi connectivity index (χ1) is 17.1. The van der Waals surface area contributed by atoms with Crippen molar-refractivity contribution in [2.45, 2.75) is 31.1 Å². The summed E-state index contributed by atoms with van der Waals surface area (Å²) in [7, 11) is 0. The van der Waals surface area contributed by atoms with E-state index in [4.69, 9.17) is 0 Å². The molecule has 184 valence electrons. The molecule has 5 rings (SSSR count). The average molecular weight is 503 g/mol. The lowest BCUT2D eigenvalue weighted by Gasteiger charge is -2.12. The van der Waals surface area contributed by atoms with Crippen LogP contribution in [0.3, 0.4) is 0 Å². The minimum Gasteiger partial charge on any atom is -0.324 e. The van der Waals surface area contributed by atoms with Crippen LogP contribution in [0, 0.1) is 0 Å². The molecular formula is C23H15F6N7. The summed E-state index contributed by atoms with van der Waals surface area (Å²) >= 11 is 0. The molecule has 0 saturated heterocycles. The summed E-state index contributed by atoms with van der Waals surface area (Å²) in [6, 6.07) is 7.13. The van der Waals surface area contributed by atoms with Crippen molar-refractivity contribution in [2.24, 2.45) is 0 Å². The standard InChI is InChI=1S/C23H15F6N7/c24-22(25,26)17-3-1-2-16(33-17)20-34-19(14-8-13(10-30-11-14)12-4-5-12)35-21(36-20)32-15-6-7-31-18(9-15)23(27,28)29/h1-3,6-12H,4-5H2,(H,31,32,34,35,36). The number of alkyl halides is 6. The van der Waals surface area contributed by atoms with Gasteiger partial charge in [-0.1, -0.05) is 6.07 Å². The Balaban J connectivity index is 1.59. The smallest absolute Gasteiger partial charge is 0.324 e. The van der Waals surface area contributed by atoms with Crippen LogP contribution in [-0.2, 0) is 12.4 Å². The molecule has 1 saturated carbocycles. The Kier molecular flexibility index (Phi) is 5.77. The van der Waals surface area contributed by atoms with Gasteiger partial charge in [-0.15, -0.1) is 0 Å². The van der Waals surface area contributed by atoms with E-state index in [9.17, 15) is 26.3 Å². The van der Waals surface area contributed by atoms with Crippen LogP contribution in [-0.4, -0.2) is 29.9 Å². The quantitative estimate of drug-likeness (QED) is 0.332. The molecule has 0 atom stereocenters. The summed E-state index contributed by atoms with van der Waals surface area (Å²) in [4.78, 5) is 23.8. The van der Waals surface area contributed by atoms with Gasteiger partial charge in [-0.05, 0) is 54.7 Å². The first kappa shape index (κ1) is 23.6. The highest BCUT2D eigenvalue weighted by molar-refractivity contribution is 5.63. The van der Waals surface area contributed by atoms with Gasteiger partial charge in [-0.2, -0.15) is 36.3 Å². The number of rotatable bonds is 5. The molecule has 36 heavy (non-hydrogen) atoms. The first-order valence-electron chi connectivity index (χ1n) is 10.6. The van der Waals surface area contributed by atoms with E-state index in [1.165, 1.54) is 18.3 Å². The maximum Gasteiger partial charge on any atom is 0.433 e. The minimum absolute atomic E-state index is 0.0257. The van der Waals surface area contributed by atoms with Gasteiger partial charge in [-0.3, -0.25) is 9.97 Å². The van der Waals surface area contributed by atoms with Gasteiger partial charge in [-0.25, -0.2) is 9.97 Å². The Labute approximate surface area is 199 Å². The van der Waals surface area contributed by atoms with Crippen molar-refractivity contribution in [1.82, 2.24) is 29.9 Å². The highest BCUT2D eigenvalue weighted by atomic mass is 19.4. The van der Waals surface area contributed by atoms with E-state index < -0.39 is 23.7 Å². The summed E-state index contributed by atoms with van der Waals surface area (Å²) in [5.41, 5.74) is -1.05. The highest BCUT2D eigenvalue weighted by Gasteiger charge is 2.33. The monoisotopic (exact) mass is 503 g/mol. The molecule has 1 aliphatic carbocycles. The fourth-order valence-corrected chi connectivity index (χ4v) is 3.40. The van der Waals surface area contributed by atoms with E-state index in [2.05, 4.69) is 35.2 Å². The number of hydrogen-bond donors (Lipinski definition) is 1. The van der Waals surface area contributed by atoms with Gasteiger partial charge in [0.2, 0.25) is 5.95 Å². The number of halogens is 6. The van der Waals surface area contributed by atoms with Crippen molar-refractivity contribution in [2.75, 3.05) is 5.32 Å². The third-order valence-corrected chi connectivity index (χ3v) is 5.28. The maximum absolute atomic E-state index is 13.2. The van der Waals surface area contributed by atoms with Crippen LogP contribution >= 0.6 is 0 Å². The molecule has 4 aromatic heterocycles. The predicted molar refractivity (Wildman–Crippen MR) is 116 cm³/mol. The SMILES string of the molecule is FC(F)(F)c1cc(Nc2nc(-c3cncc(C4CC4)c3)nc(-c3cccc(C(F)(F)F)n3)n2)ccn1. The van der Waals surface area contributed by atoms with Crippen molar-refractivity contribution in [3.8, 4) is 22.9 Å². The Morgan fingerprint density at radius 2 is 1.53 bits per heavy atom. The van der Waals surface area contributed by atoms with Gasteiger partial charge in [0, 0.05) is 29.8 Å². The Bertz CT molecular complexity index is 1420. The fourth-order valence-electron chi connectivity index (χ4n) is 3.40. The molecule has 0 unspecified atom stereocenters. The molecule has 0 bridgehead atoms. The Hall–Kier alpha value is -4.16. The topological polar surface area (TPSA) is 89.4 Å². The second-order valence-electron chi connectivity index (χ2n) is 8.05. The molecule has 0 spiro atoms. The number of aromatic nitrogens is 6. The molecule has 4 heterocycles. The highest BCUT2D eigenvalue weighted by Crippen LogP contribution is 2.40. The lowest BCUT2D eigenvalue weighted by atomic mass is 10.1. The molecule has 4 aromatic rings. The summed E-state index contributed by atoms with van der Waals surface area (Å²) in [6.07, 6.45) is -3.18. The minimum atomic E-state index is -4.69. The van der Waals surface area contributed by atoms with Crippen LogP contribution < -0.4 is 5.32 Å². The number of anilines is 2. The number of hydrogen-bond acceptors (Lipinski definition) is 7. The second-order valence-corrected chi connectivity index (χ2v) is 8.05. The average Bonchev–Trinajstić information content (AvgIpc) is 3.69. The lowest BCUT2D eigenvalue weighted by molar-refractivity contribution is -0.141. The third-order valence-electron chi connectivity index (χ3n) is 5.28. The van der Waals surface area contributed by atoms with Gasteiger partial charge in [0.25, 0.3) is 0 Å². The fraction of sp³-hybridized carbons (Fsp3) is 0.217. The van der Waals surface area contributed by atoms with Crippen molar-refractivity contribution in [1.29, 1.82) is 0 Å². The van der Waals surface area contributed by atoms with Crippen molar-refractivity contribution in [3.63, 3.8) is 0 Å². The van der Waals surface area contributed by atoms with Crippen LogP contribution in [0.5, 0.6) is 0 Å². The number of nitrogens with one attached hydrogen (secondary N) is 1. The zero-order valence-corrected chi connectivity index (χ0v) is 18.1. The summed E-state index contributed by atoms with van der Waals surface area (Å²) in [5.74, 6) is 0.0433. The van der Waals surface area contributed by atoms with E-state index in [1.807, 2.05) is 6.07 Å². The molecule has 1 N–H and O–H groups in total. The lowest BCUT2D eigenvalue weighted by Crippen LogP contribution is -2.10. The third kappa shape index (κ3) is 5.24. The number of pyridine rings is 3. The summed E-state index contributed by atoms with van der Waals surface area (Å²) in [6.45, 7) is 0. The molecular weight excluding hydrogens is 488 g/mol. The normalized spacial score (nSPS) is 14.1. The Morgan fingerprint density at radius 1 is 0.778 bits per heavy atom. The summed E-state index contributed by atoms with van der Waals surface area (Å²) in [5, 5.41) is 2.66. The zero-order valence-electron chi connectivity index (χ0n) is 18.1. The maximum atomic E-state index is 13.2. The van der Waals surface area contributed by atoms with E-state index in [-0.39, 0.29) is 29.0 Å². The first-order valence-corrected chi connectivity index (χ1v) is 10.6. The van der Waals surface area contributed by atoms with Gasteiger partial charge < -0.3 is 5.32 Å². The molecule has 1 aliphatic rings. The van der Waals surface area contributed by atoms with Crippen LogP contribution in [0.4, 0.5) is 38.0 Å². The van der Waals surface area contributed by atoms with Crippen molar-refractivity contribution >= 4 is 11.6 Å². The van der Waals surface area contributed by atoms with E-state index >= 15 is 0 Å². The zero-order chi connectivity index (χ0) is 25.5. The van der Waals surface area contributed by atoms with E-state index in [0.717, 1.165) is 42.8 Å². The molecule has 1 fully saturated rings. The molecule has 0 aliphatic heterocycles. The largest absolute Gasteiger partial charge is 0.433 e. The molecule has 0 aromatic carbocycles. The Morgan fingerprint density at radius 3 is 2.25 bits per heavy atom. The van der Waals surface area contributed by atoms with E-state index in [0.29, 0.717) is 11.5 Å². The van der Waals surface area contributed by atoms with Gasteiger partial charge in [0.05, 0.1) is 0 Å². The van der Waals surface area contributed by atoms with Crippen LogP contribution in [0.15, 0.2) is 55.0 Å².